The third-order valence-electron chi connectivity index (χ3n) is 3.24. The molecule has 0 fully saturated rings. The molecule has 0 aliphatic rings. The van der Waals surface area contributed by atoms with E-state index >= 15 is 0 Å². The van der Waals surface area contributed by atoms with Crippen LogP contribution in [0.5, 0.6) is 0 Å². The Kier molecular flexibility index (Phi) is 3.35. The van der Waals surface area contributed by atoms with E-state index in [0.29, 0.717) is 23.6 Å². The monoisotopic (exact) mass is 283 g/mol. The third-order valence-corrected chi connectivity index (χ3v) is 3.24. The molecule has 106 valence electrons. The van der Waals surface area contributed by atoms with E-state index in [1.807, 2.05) is 31.2 Å². The van der Waals surface area contributed by atoms with Gasteiger partial charge in [0.2, 0.25) is 0 Å². The van der Waals surface area contributed by atoms with Crippen molar-refractivity contribution in [2.24, 2.45) is 0 Å². The Labute approximate surface area is 121 Å². The van der Waals surface area contributed by atoms with Gasteiger partial charge in [-0.2, -0.15) is 0 Å². The van der Waals surface area contributed by atoms with Crippen molar-refractivity contribution in [2.75, 3.05) is 5.73 Å². The molecule has 1 heterocycles. The smallest absolute Gasteiger partial charge is 0.184 e. The van der Waals surface area contributed by atoms with Crippen LogP contribution in [0.4, 0.5) is 10.1 Å². The highest BCUT2D eigenvalue weighted by Gasteiger charge is 2.13. The lowest BCUT2D eigenvalue weighted by Crippen LogP contribution is -2.05. The Morgan fingerprint density at radius 3 is 2.67 bits per heavy atom. The fraction of sp³-hybridized carbons (Fsp3) is 0.133. The van der Waals surface area contributed by atoms with Crippen LogP contribution in [0.3, 0.4) is 0 Å². The highest BCUT2D eigenvalue weighted by Crippen LogP contribution is 2.24. The topological polar surface area (TPSA) is 69.6 Å². The standard InChI is InChI=1S/C15H14FN5/c1-10-2-4-11(5-3-10)9-21-15(18-19-20-21)13-8-12(16)6-7-14(13)17/h2-8H,9,17H2,1H3. The minimum absolute atomic E-state index is 0.371. The van der Waals surface area contributed by atoms with Crippen LogP contribution in [0.2, 0.25) is 0 Å². The minimum Gasteiger partial charge on any atom is -0.398 e. The van der Waals surface area contributed by atoms with Crippen LogP contribution in [-0.4, -0.2) is 20.2 Å². The van der Waals surface area contributed by atoms with Gasteiger partial charge in [0, 0.05) is 11.3 Å². The molecule has 6 heteroatoms. The van der Waals surface area contributed by atoms with Crippen molar-refractivity contribution in [1.82, 2.24) is 20.2 Å². The quantitative estimate of drug-likeness (QED) is 0.749. The Hall–Kier alpha value is -2.76. The highest BCUT2D eigenvalue weighted by molar-refractivity contribution is 5.71. The fourth-order valence-corrected chi connectivity index (χ4v) is 2.09. The Balaban J connectivity index is 1.97. The average molecular weight is 283 g/mol. The molecule has 0 atom stereocenters. The van der Waals surface area contributed by atoms with E-state index < -0.39 is 0 Å². The van der Waals surface area contributed by atoms with Gasteiger partial charge in [-0.3, -0.25) is 0 Å². The molecule has 2 aromatic carbocycles. The van der Waals surface area contributed by atoms with E-state index in [9.17, 15) is 4.39 Å². The van der Waals surface area contributed by atoms with Crippen molar-refractivity contribution in [2.45, 2.75) is 13.5 Å². The molecule has 0 unspecified atom stereocenters. The van der Waals surface area contributed by atoms with Gasteiger partial charge in [-0.25, -0.2) is 9.07 Å². The van der Waals surface area contributed by atoms with Gasteiger partial charge in [-0.1, -0.05) is 29.8 Å². The van der Waals surface area contributed by atoms with E-state index in [4.69, 9.17) is 5.73 Å². The molecule has 3 rings (SSSR count). The number of nitrogen functional groups attached to an aromatic ring is 1. The summed E-state index contributed by atoms with van der Waals surface area (Å²) in [6.45, 7) is 2.53. The van der Waals surface area contributed by atoms with E-state index in [0.717, 1.165) is 5.56 Å². The lowest BCUT2D eigenvalue weighted by Gasteiger charge is -2.07. The van der Waals surface area contributed by atoms with Gasteiger partial charge in [0.1, 0.15) is 5.82 Å². The Bertz CT molecular complexity index is 764. The van der Waals surface area contributed by atoms with Gasteiger partial charge in [0.05, 0.1) is 6.54 Å². The molecule has 1 aromatic heterocycles. The van der Waals surface area contributed by atoms with E-state index in [1.54, 1.807) is 4.68 Å². The Morgan fingerprint density at radius 2 is 1.90 bits per heavy atom. The van der Waals surface area contributed by atoms with E-state index in [1.165, 1.54) is 23.8 Å². The molecule has 0 saturated carbocycles. The average Bonchev–Trinajstić information content (AvgIpc) is 2.92. The van der Waals surface area contributed by atoms with Crippen LogP contribution >= 0.6 is 0 Å². The molecule has 0 aliphatic heterocycles. The van der Waals surface area contributed by atoms with Crippen molar-refractivity contribution in [3.63, 3.8) is 0 Å². The van der Waals surface area contributed by atoms with Crippen molar-refractivity contribution in [1.29, 1.82) is 0 Å². The number of hydrogen-bond acceptors (Lipinski definition) is 4. The Morgan fingerprint density at radius 1 is 1.14 bits per heavy atom. The maximum absolute atomic E-state index is 13.4. The number of halogens is 1. The minimum atomic E-state index is -0.371. The third kappa shape index (κ3) is 2.74. The number of tetrazole rings is 1. The molecule has 0 saturated heterocycles. The second-order valence-corrected chi connectivity index (χ2v) is 4.88. The van der Waals surface area contributed by atoms with Crippen LogP contribution < -0.4 is 5.73 Å². The summed E-state index contributed by atoms with van der Waals surface area (Å²) in [7, 11) is 0. The number of aromatic nitrogens is 4. The number of nitrogens with zero attached hydrogens (tertiary/aromatic N) is 4. The summed E-state index contributed by atoms with van der Waals surface area (Å²) in [4.78, 5) is 0. The summed E-state index contributed by atoms with van der Waals surface area (Å²) >= 11 is 0. The normalized spacial score (nSPS) is 10.8. The summed E-state index contributed by atoms with van der Waals surface area (Å²) in [5.41, 5.74) is 9.07. The van der Waals surface area contributed by atoms with Gasteiger partial charge in [-0.05, 0) is 41.1 Å². The summed E-state index contributed by atoms with van der Waals surface area (Å²) < 4.78 is 15.0. The van der Waals surface area contributed by atoms with Crippen molar-refractivity contribution >= 4 is 5.69 Å². The van der Waals surface area contributed by atoms with Crippen molar-refractivity contribution in [3.05, 3.63) is 59.4 Å². The van der Waals surface area contributed by atoms with Gasteiger partial charge < -0.3 is 5.73 Å². The summed E-state index contributed by atoms with van der Waals surface area (Å²) in [6, 6.07) is 12.2. The summed E-state index contributed by atoms with van der Waals surface area (Å²) in [6.07, 6.45) is 0. The molecule has 0 aliphatic carbocycles. The number of nitrogens with two attached hydrogens (primary N) is 1. The van der Waals surface area contributed by atoms with Crippen LogP contribution in [0.25, 0.3) is 11.4 Å². The zero-order valence-corrected chi connectivity index (χ0v) is 11.5. The second-order valence-electron chi connectivity index (χ2n) is 4.88. The maximum atomic E-state index is 13.4. The first-order valence-corrected chi connectivity index (χ1v) is 6.50. The van der Waals surface area contributed by atoms with Crippen molar-refractivity contribution < 1.29 is 4.39 Å². The summed E-state index contributed by atoms with van der Waals surface area (Å²) in [5.74, 6) is 0.0802. The van der Waals surface area contributed by atoms with Crippen molar-refractivity contribution in [3.8, 4) is 11.4 Å². The molecule has 3 aromatic rings. The summed E-state index contributed by atoms with van der Waals surface area (Å²) in [5, 5.41) is 11.6. The van der Waals surface area contributed by atoms with Crippen LogP contribution in [0.1, 0.15) is 11.1 Å². The van der Waals surface area contributed by atoms with E-state index in [-0.39, 0.29) is 5.82 Å². The molecular weight excluding hydrogens is 269 g/mol. The first kappa shape index (κ1) is 13.2. The number of anilines is 1. The van der Waals surface area contributed by atoms with Gasteiger partial charge in [-0.15, -0.1) is 5.10 Å². The molecule has 2 N–H and O–H groups in total. The number of aryl methyl sites for hydroxylation is 1. The molecule has 5 nitrogen and oxygen atoms in total. The highest BCUT2D eigenvalue weighted by atomic mass is 19.1. The second kappa shape index (κ2) is 5.32. The lowest BCUT2D eigenvalue weighted by molar-refractivity contribution is 0.627. The van der Waals surface area contributed by atoms with Crippen LogP contribution in [-0.2, 0) is 6.54 Å². The zero-order valence-electron chi connectivity index (χ0n) is 11.5. The fourth-order valence-electron chi connectivity index (χ4n) is 2.09. The predicted octanol–water partition coefficient (Wildman–Crippen LogP) is 2.42. The van der Waals surface area contributed by atoms with Crippen LogP contribution in [0.15, 0.2) is 42.5 Å². The first-order chi connectivity index (χ1) is 10.1. The predicted molar refractivity (Wildman–Crippen MR) is 77.9 cm³/mol. The largest absolute Gasteiger partial charge is 0.398 e. The van der Waals surface area contributed by atoms with Gasteiger partial charge in [0.25, 0.3) is 0 Å². The molecule has 0 radical (unpaired) electrons. The van der Waals surface area contributed by atoms with E-state index in [2.05, 4.69) is 15.5 Å². The van der Waals surface area contributed by atoms with Gasteiger partial charge in [0.15, 0.2) is 5.82 Å². The maximum Gasteiger partial charge on any atom is 0.184 e. The number of rotatable bonds is 3. The first-order valence-electron chi connectivity index (χ1n) is 6.50. The zero-order chi connectivity index (χ0) is 14.8. The molecule has 0 bridgehead atoms. The SMILES string of the molecule is Cc1ccc(Cn2nnnc2-c2cc(F)ccc2N)cc1. The number of hydrogen-bond donors (Lipinski definition) is 1. The molecular formula is C15H14FN5. The molecule has 21 heavy (non-hydrogen) atoms. The van der Waals surface area contributed by atoms with Gasteiger partial charge >= 0.3 is 0 Å². The lowest BCUT2D eigenvalue weighted by atomic mass is 10.1. The number of benzene rings is 2. The van der Waals surface area contributed by atoms with Crippen LogP contribution in [0, 0.1) is 12.7 Å². The molecule has 0 spiro atoms. The molecule has 0 amide bonds.